The zero-order valence-corrected chi connectivity index (χ0v) is 12.5. The first kappa shape index (κ1) is 15.2. The third kappa shape index (κ3) is 6.80. The van der Waals surface area contributed by atoms with Gasteiger partial charge in [-0.15, -0.1) is 0 Å². The van der Waals surface area contributed by atoms with Crippen molar-refractivity contribution in [2.45, 2.75) is 59.9 Å². The van der Waals surface area contributed by atoms with Crippen molar-refractivity contribution in [1.29, 1.82) is 0 Å². The van der Waals surface area contributed by atoms with Crippen LogP contribution in [0.3, 0.4) is 0 Å². The lowest BCUT2D eigenvalue weighted by atomic mass is 9.91. The fourth-order valence-electron chi connectivity index (χ4n) is 1.97. The number of nitrogens with one attached hydrogen (secondary N) is 1. The van der Waals surface area contributed by atoms with Gasteiger partial charge in [0.05, 0.1) is 12.0 Å². The molecule has 1 rings (SSSR count). The van der Waals surface area contributed by atoms with Gasteiger partial charge in [0, 0.05) is 25.7 Å². The van der Waals surface area contributed by atoms with Gasteiger partial charge in [-0.2, -0.15) is 0 Å². The monoisotopic (exact) mass is 251 g/mol. The van der Waals surface area contributed by atoms with Crippen molar-refractivity contribution in [2.24, 2.45) is 5.41 Å². The molecule has 0 spiro atoms. The third-order valence-electron chi connectivity index (χ3n) is 3.01. The second kappa shape index (κ2) is 7.57. The van der Waals surface area contributed by atoms with Crippen molar-refractivity contribution in [1.82, 2.24) is 14.9 Å². The largest absolute Gasteiger partial charge is 0.337 e. The molecule has 0 atom stereocenters. The molecule has 3 nitrogen and oxygen atoms in total. The van der Waals surface area contributed by atoms with Gasteiger partial charge < -0.3 is 9.88 Å². The van der Waals surface area contributed by atoms with Crippen LogP contribution in [0.1, 0.15) is 52.7 Å². The number of aromatic nitrogens is 2. The molecule has 3 heteroatoms. The van der Waals surface area contributed by atoms with Gasteiger partial charge in [-0.25, -0.2) is 4.98 Å². The van der Waals surface area contributed by atoms with E-state index in [4.69, 9.17) is 0 Å². The lowest BCUT2D eigenvalue weighted by Crippen LogP contribution is -2.17. The van der Waals surface area contributed by atoms with Crippen LogP contribution in [0.2, 0.25) is 0 Å². The quantitative estimate of drug-likeness (QED) is 0.719. The van der Waals surface area contributed by atoms with Crippen molar-refractivity contribution < 1.29 is 0 Å². The Kier molecular flexibility index (Phi) is 6.41. The van der Waals surface area contributed by atoms with E-state index in [1.807, 2.05) is 6.33 Å². The lowest BCUT2D eigenvalue weighted by molar-refractivity contribution is 0.353. The summed E-state index contributed by atoms with van der Waals surface area (Å²) in [4.78, 5) is 4.45. The molecule has 1 heterocycles. The van der Waals surface area contributed by atoms with Crippen molar-refractivity contribution in [2.75, 3.05) is 13.1 Å². The molecular formula is C15H29N3. The van der Waals surface area contributed by atoms with Crippen LogP contribution < -0.4 is 5.32 Å². The molecule has 0 bridgehead atoms. The number of nitrogens with zero attached hydrogens (tertiary/aromatic N) is 2. The first-order valence-corrected chi connectivity index (χ1v) is 7.22. The average Bonchev–Trinajstić information content (AvgIpc) is 2.71. The van der Waals surface area contributed by atoms with Gasteiger partial charge in [-0.3, -0.25) is 0 Å². The van der Waals surface area contributed by atoms with E-state index < -0.39 is 0 Å². The number of hydrogen-bond acceptors (Lipinski definition) is 2. The normalized spacial score (nSPS) is 12.0. The fourth-order valence-corrected chi connectivity index (χ4v) is 1.97. The molecule has 1 aromatic heterocycles. The zero-order chi connectivity index (χ0) is 13.4. The number of hydrogen-bond donors (Lipinski definition) is 1. The standard InChI is InChI=1S/C15H29N3/c1-5-9-16-10-7-14-12-18(13-17-14)11-6-8-15(2,3)4/h12-13,16H,5-11H2,1-4H3. The molecule has 104 valence electrons. The Labute approximate surface area is 112 Å². The van der Waals surface area contributed by atoms with Crippen LogP contribution in [0.15, 0.2) is 12.5 Å². The minimum atomic E-state index is 0.438. The molecule has 0 aliphatic heterocycles. The second-order valence-electron chi connectivity index (χ2n) is 6.27. The van der Waals surface area contributed by atoms with E-state index in [1.165, 1.54) is 25.0 Å². The molecule has 0 aromatic carbocycles. The molecule has 1 N–H and O–H groups in total. The topological polar surface area (TPSA) is 29.9 Å². The van der Waals surface area contributed by atoms with Gasteiger partial charge in [-0.1, -0.05) is 27.7 Å². The summed E-state index contributed by atoms with van der Waals surface area (Å²) in [5, 5.41) is 3.41. The number of rotatable bonds is 8. The van der Waals surface area contributed by atoms with Crippen LogP contribution in [0, 0.1) is 5.41 Å². The summed E-state index contributed by atoms with van der Waals surface area (Å²) in [6.07, 6.45) is 8.88. The van der Waals surface area contributed by atoms with E-state index in [0.717, 1.165) is 26.1 Å². The average molecular weight is 251 g/mol. The van der Waals surface area contributed by atoms with Gasteiger partial charge in [0.1, 0.15) is 0 Å². The maximum Gasteiger partial charge on any atom is 0.0949 e. The first-order chi connectivity index (χ1) is 8.51. The van der Waals surface area contributed by atoms with Gasteiger partial charge in [-0.05, 0) is 31.2 Å². The Hall–Kier alpha value is -0.830. The summed E-state index contributed by atoms with van der Waals surface area (Å²) >= 11 is 0. The molecule has 0 amide bonds. The second-order valence-corrected chi connectivity index (χ2v) is 6.27. The molecule has 0 aliphatic rings. The maximum absolute atomic E-state index is 4.45. The van der Waals surface area contributed by atoms with Crippen LogP contribution in [0.4, 0.5) is 0 Å². The van der Waals surface area contributed by atoms with Crippen molar-refractivity contribution in [3.05, 3.63) is 18.2 Å². The summed E-state index contributed by atoms with van der Waals surface area (Å²) in [7, 11) is 0. The third-order valence-corrected chi connectivity index (χ3v) is 3.01. The Morgan fingerprint density at radius 2 is 2.06 bits per heavy atom. The zero-order valence-electron chi connectivity index (χ0n) is 12.5. The van der Waals surface area contributed by atoms with E-state index in [1.54, 1.807) is 0 Å². The van der Waals surface area contributed by atoms with E-state index in [9.17, 15) is 0 Å². The Bertz CT molecular complexity index is 323. The highest BCUT2D eigenvalue weighted by molar-refractivity contribution is 4.97. The minimum Gasteiger partial charge on any atom is -0.337 e. The predicted octanol–water partition coefficient (Wildman–Crippen LogP) is 3.25. The van der Waals surface area contributed by atoms with Crippen molar-refractivity contribution in [3.8, 4) is 0 Å². The summed E-state index contributed by atoms with van der Waals surface area (Å²) in [5.41, 5.74) is 1.64. The van der Waals surface area contributed by atoms with E-state index in [0.29, 0.717) is 5.41 Å². The summed E-state index contributed by atoms with van der Waals surface area (Å²) in [6, 6.07) is 0. The van der Waals surface area contributed by atoms with Crippen molar-refractivity contribution >= 4 is 0 Å². The van der Waals surface area contributed by atoms with Crippen LogP contribution in [0.5, 0.6) is 0 Å². The highest BCUT2D eigenvalue weighted by Gasteiger charge is 2.09. The van der Waals surface area contributed by atoms with Crippen LogP contribution in [-0.4, -0.2) is 22.6 Å². The SMILES string of the molecule is CCCNCCc1cn(CCCC(C)(C)C)cn1. The van der Waals surface area contributed by atoms with E-state index in [2.05, 4.69) is 48.8 Å². The lowest BCUT2D eigenvalue weighted by Gasteiger charge is -2.17. The number of aryl methyl sites for hydroxylation is 1. The Balaban J connectivity index is 2.21. The van der Waals surface area contributed by atoms with Gasteiger partial charge in [0.25, 0.3) is 0 Å². The minimum absolute atomic E-state index is 0.438. The molecule has 18 heavy (non-hydrogen) atoms. The van der Waals surface area contributed by atoms with E-state index >= 15 is 0 Å². The van der Waals surface area contributed by atoms with Crippen molar-refractivity contribution in [3.63, 3.8) is 0 Å². The van der Waals surface area contributed by atoms with Crippen LogP contribution >= 0.6 is 0 Å². The first-order valence-electron chi connectivity index (χ1n) is 7.22. The van der Waals surface area contributed by atoms with Gasteiger partial charge in [0.15, 0.2) is 0 Å². The van der Waals surface area contributed by atoms with Crippen LogP contribution in [-0.2, 0) is 13.0 Å². The maximum atomic E-state index is 4.45. The molecule has 0 fully saturated rings. The molecule has 0 radical (unpaired) electrons. The molecule has 1 aromatic rings. The summed E-state index contributed by atoms with van der Waals surface area (Å²) in [5.74, 6) is 0. The summed E-state index contributed by atoms with van der Waals surface area (Å²) < 4.78 is 2.22. The van der Waals surface area contributed by atoms with Crippen LogP contribution in [0.25, 0.3) is 0 Å². The Morgan fingerprint density at radius 3 is 2.72 bits per heavy atom. The molecule has 0 saturated carbocycles. The summed E-state index contributed by atoms with van der Waals surface area (Å²) in [6.45, 7) is 12.3. The highest BCUT2D eigenvalue weighted by atomic mass is 15.0. The fraction of sp³-hybridized carbons (Fsp3) is 0.800. The number of imidazole rings is 1. The van der Waals surface area contributed by atoms with Gasteiger partial charge in [0.2, 0.25) is 0 Å². The molecule has 0 unspecified atom stereocenters. The molecule has 0 aliphatic carbocycles. The molecular weight excluding hydrogens is 222 g/mol. The Morgan fingerprint density at radius 1 is 1.28 bits per heavy atom. The highest BCUT2D eigenvalue weighted by Crippen LogP contribution is 2.20. The van der Waals surface area contributed by atoms with Gasteiger partial charge >= 0.3 is 0 Å². The smallest absolute Gasteiger partial charge is 0.0949 e. The predicted molar refractivity (Wildman–Crippen MR) is 77.8 cm³/mol. The van der Waals surface area contributed by atoms with E-state index in [-0.39, 0.29) is 0 Å². The molecule has 0 saturated heterocycles.